The van der Waals surface area contributed by atoms with Gasteiger partial charge in [0.15, 0.2) is 0 Å². The minimum Gasteiger partial charge on any atom is -0.334 e. The molecule has 23 heavy (non-hydrogen) atoms. The summed E-state index contributed by atoms with van der Waals surface area (Å²) in [4.78, 5) is 19.5. The normalized spacial score (nSPS) is 25.0. The van der Waals surface area contributed by atoms with Crippen molar-refractivity contribution < 1.29 is 4.79 Å². The van der Waals surface area contributed by atoms with Crippen molar-refractivity contribution in [3.63, 3.8) is 0 Å². The Morgan fingerprint density at radius 1 is 1.22 bits per heavy atom. The fourth-order valence-corrected chi connectivity index (χ4v) is 3.88. The highest BCUT2D eigenvalue weighted by Crippen LogP contribution is 2.27. The first kappa shape index (κ1) is 16.3. The molecule has 0 radical (unpaired) electrons. The van der Waals surface area contributed by atoms with E-state index in [0.717, 1.165) is 38.3 Å². The van der Waals surface area contributed by atoms with Gasteiger partial charge in [-0.25, -0.2) is 4.79 Å². The van der Waals surface area contributed by atoms with Crippen LogP contribution in [-0.4, -0.2) is 72.1 Å². The molecule has 0 bridgehead atoms. The standard InChI is InChI=1S/C18H28N4O/c1-18(2)14-21(13-16-12-20(3)9-10-22(16)18)17(23)19-11-15-7-5-4-6-8-15/h4-8,16H,9-14H2,1-3H3,(H,19,23)/t16-/m0/s1. The molecule has 5 heteroatoms. The van der Waals surface area contributed by atoms with Gasteiger partial charge in [-0.3, -0.25) is 4.90 Å². The summed E-state index contributed by atoms with van der Waals surface area (Å²) in [5.41, 5.74) is 1.17. The summed E-state index contributed by atoms with van der Waals surface area (Å²) >= 11 is 0. The second kappa shape index (κ2) is 6.49. The van der Waals surface area contributed by atoms with Crippen molar-refractivity contribution >= 4 is 6.03 Å². The van der Waals surface area contributed by atoms with Crippen molar-refractivity contribution in [2.45, 2.75) is 32.0 Å². The van der Waals surface area contributed by atoms with Crippen LogP contribution in [0.5, 0.6) is 0 Å². The van der Waals surface area contributed by atoms with Crippen LogP contribution < -0.4 is 5.32 Å². The number of benzene rings is 1. The number of fused-ring (bicyclic) bond motifs is 1. The second-order valence-electron chi connectivity index (χ2n) is 7.45. The maximum absolute atomic E-state index is 12.6. The number of hydrogen-bond donors (Lipinski definition) is 1. The molecule has 2 aliphatic heterocycles. The molecule has 2 amide bonds. The van der Waals surface area contributed by atoms with E-state index in [1.165, 1.54) is 0 Å². The summed E-state index contributed by atoms with van der Waals surface area (Å²) in [6, 6.07) is 10.6. The Labute approximate surface area is 139 Å². The van der Waals surface area contributed by atoms with E-state index < -0.39 is 0 Å². The van der Waals surface area contributed by atoms with Crippen molar-refractivity contribution in [1.82, 2.24) is 20.0 Å². The fourth-order valence-electron chi connectivity index (χ4n) is 3.88. The molecule has 0 aliphatic carbocycles. The lowest BCUT2D eigenvalue weighted by molar-refractivity contribution is -0.0472. The van der Waals surface area contributed by atoms with Crippen molar-refractivity contribution in [2.75, 3.05) is 39.8 Å². The number of nitrogens with zero attached hydrogens (tertiary/aromatic N) is 3. The number of hydrogen-bond acceptors (Lipinski definition) is 3. The molecular weight excluding hydrogens is 288 g/mol. The van der Waals surface area contributed by atoms with Crippen LogP contribution in [0.25, 0.3) is 0 Å². The van der Waals surface area contributed by atoms with E-state index in [1.807, 2.05) is 35.2 Å². The molecule has 1 N–H and O–H groups in total. The maximum atomic E-state index is 12.6. The zero-order valence-electron chi connectivity index (χ0n) is 14.5. The molecule has 1 atom stereocenters. The highest BCUT2D eigenvalue weighted by Gasteiger charge is 2.43. The Balaban J connectivity index is 1.62. The van der Waals surface area contributed by atoms with Crippen LogP contribution in [0.1, 0.15) is 19.4 Å². The van der Waals surface area contributed by atoms with Gasteiger partial charge in [-0.05, 0) is 26.5 Å². The van der Waals surface area contributed by atoms with E-state index >= 15 is 0 Å². The predicted octanol–water partition coefficient (Wildman–Crippen LogP) is 1.61. The lowest BCUT2D eigenvalue weighted by Crippen LogP contribution is -2.70. The average molecular weight is 316 g/mol. The number of nitrogens with one attached hydrogen (secondary N) is 1. The molecule has 126 valence electrons. The first-order valence-electron chi connectivity index (χ1n) is 8.48. The molecule has 2 fully saturated rings. The summed E-state index contributed by atoms with van der Waals surface area (Å²) in [7, 11) is 2.17. The summed E-state index contributed by atoms with van der Waals surface area (Å²) in [5, 5.41) is 3.07. The summed E-state index contributed by atoms with van der Waals surface area (Å²) < 4.78 is 0. The minimum absolute atomic E-state index is 0.0360. The Kier molecular flexibility index (Phi) is 4.60. The van der Waals surface area contributed by atoms with Crippen molar-refractivity contribution in [2.24, 2.45) is 0 Å². The van der Waals surface area contributed by atoms with Crippen LogP contribution in [0.15, 0.2) is 30.3 Å². The lowest BCUT2D eigenvalue weighted by Gasteiger charge is -2.55. The maximum Gasteiger partial charge on any atom is 0.317 e. The Bertz CT molecular complexity index is 545. The molecule has 2 heterocycles. The van der Waals surface area contributed by atoms with E-state index in [9.17, 15) is 4.79 Å². The number of carbonyl (C=O) groups excluding carboxylic acids is 1. The quantitative estimate of drug-likeness (QED) is 0.901. The Morgan fingerprint density at radius 2 is 1.96 bits per heavy atom. The van der Waals surface area contributed by atoms with Gasteiger partial charge in [-0.2, -0.15) is 0 Å². The molecule has 5 nitrogen and oxygen atoms in total. The topological polar surface area (TPSA) is 38.8 Å². The van der Waals surface area contributed by atoms with Gasteiger partial charge in [0.2, 0.25) is 0 Å². The fraction of sp³-hybridized carbons (Fsp3) is 0.611. The summed E-state index contributed by atoms with van der Waals surface area (Å²) in [6.45, 7) is 9.93. The number of rotatable bonds is 2. The van der Waals surface area contributed by atoms with Gasteiger partial charge in [0.1, 0.15) is 0 Å². The average Bonchev–Trinajstić information content (AvgIpc) is 2.52. The Morgan fingerprint density at radius 3 is 2.70 bits per heavy atom. The molecule has 0 unspecified atom stereocenters. The van der Waals surface area contributed by atoms with E-state index in [0.29, 0.717) is 12.6 Å². The number of piperazine rings is 2. The van der Waals surface area contributed by atoms with E-state index in [2.05, 4.69) is 36.0 Å². The van der Waals surface area contributed by atoms with E-state index in [1.54, 1.807) is 0 Å². The van der Waals surface area contributed by atoms with Gasteiger partial charge in [0.05, 0.1) is 0 Å². The van der Waals surface area contributed by atoms with Gasteiger partial charge >= 0.3 is 6.03 Å². The van der Waals surface area contributed by atoms with Crippen molar-refractivity contribution in [3.05, 3.63) is 35.9 Å². The third-order valence-corrected chi connectivity index (χ3v) is 5.05. The molecule has 0 aromatic heterocycles. The SMILES string of the molecule is CN1CCN2[C@@H](C1)CN(C(=O)NCc1ccccc1)CC2(C)C. The number of urea groups is 1. The number of carbonyl (C=O) groups is 1. The summed E-state index contributed by atoms with van der Waals surface area (Å²) in [5.74, 6) is 0. The van der Waals surface area contributed by atoms with Crippen molar-refractivity contribution in [3.8, 4) is 0 Å². The summed E-state index contributed by atoms with van der Waals surface area (Å²) in [6.07, 6.45) is 0. The van der Waals surface area contributed by atoms with Gasteiger partial charge in [-0.15, -0.1) is 0 Å². The highest BCUT2D eigenvalue weighted by atomic mass is 16.2. The number of likely N-dealkylation sites (N-methyl/N-ethyl adjacent to an activating group) is 1. The smallest absolute Gasteiger partial charge is 0.317 e. The molecule has 3 rings (SSSR count). The third kappa shape index (κ3) is 3.67. The van der Waals surface area contributed by atoms with Gasteiger partial charge in [0, 0.05) is 50.8 Å². The van der Waals surface area contributed by atoms with Crippen LogP contribution in [0.3, 0.4) is 0 Å². The highest BCUT2D eigenvalue weighted by molar-refractivity contribution is 5.74. The molecule has 1 aromatic rings. The first-order valence-corrected chi connectivity index (χ1v) is 8.48. The largest absolute Gasteiger partial charge is 0.334 e. The molecular formula is C18H28N4O. The monoisotopic (exact) mass is 316 g/mol. The van der Waals surface area contributed by atoms with Crippen LogP contribution in [0.2, 0.25) is 0 Å². The second-order valence-corrected chi connectivity index (χ2v) is 7.45. The third-order valence-electron chi connectivity index (χ3n) is 5.05. The van der Waals surface area contributed by atoms with Crippen LogP contribution in [-0.2, 0) is 6.54 Å². The first-order chi connectivity index (χ1) is 11.0. The molecule has 0 saturated carbocycles. The number of amides is 2. The van der Waals surface area contributed by atoms with Gasteiger partial charge in [0.25, 0.3) is 0 Å². The zero-order valence-corrected chi connectivity index (χ0v) is 14.5. The van der Waals surface area contributed by atoms with Crippen LogP contribution >= 0.6 is 0 Å². The molecule has 2 saturated heterocycles. The Hall–Kier alpha value is -1.59. The molecule has 1 aromatic carbocycles. The lowest BCUT2D eigenvalue weighted by atomic mass is 9.93. The van der Waals surface area contributed by atoms with Crippen LogP contribution in [0, 0.1) is 0 Å². The predicted molar refractivity (Wildman–Crippen MR) is 92.3 cm³/mol. The van der Waals surface area contributed by atoms with Gasteiger partial charge < -0.3 is 15.1 Å². The molecule has 0 spiro atoms. The van der Waals surface area contributed by atoms with E-state index in [4.69, 9.17) is 0 Å². The molecule has 2 aliphatic rings. The zero-order chi connectivity index (χ0) is 16.4. The van der Waals surface area contributed by atoms with Crippen molar-refractivity contribution in [1.29, 1.82) is 0 Å². The van der Waals surface area contributed by atoms with Gasteiger partial charge in [-0.1, -0.05) is 30.3 Å². The van der Waals surface area contributed by atoms with E-state index in [-0.39, 0.29) is 11.6 Å². The van der Waals surface area contributed by atoms with Crippen LogP contribution in [0.4, 0.5) is 4.79 Å². The minimum atomic E-state index is 0.0360.